The third-order valence-corrected chi connectivity index (χ3v) is 3.87. The molecule has 0 saturated carbocycles. The third-order valence-electron chi connectivity index (χ3n) is 3.53. The van der Waals surface area contributed by atoms with Crippen molar-refractivity contribution in [3.63, 3.8) is 0 Å². The first-order valence-electron chi connectivity index (χ1n) is 7.22. The monoisotopic (exact) mass is 349 g/mol. The number of hydrogen-bond acceptors (Lipinski definition) is 3. The van der Waals surface area contributed by atoms with Crippen LogP contribution >= 0.6 is 23.2 Å². The van der Waals surface area contributed by atoms with Crippen LogP contribution in [0.3, 0.4) is 0 Å². The molecule has 120 valence electrons. The maximum atomic E-state index is 11.9. The van der Waals surface area contributed by atoms with Crippen LogP contribution in [-0.4, -0.2) is 29.8 Å². The van der Waals surface area contributed by atoms with Crippen LogP contribution < -0.4 is 10.5 Å². The molecule has 6 heteroatoms. The molecule has 1 N–H and O–H groups in total. The van der Waals surface area contributed by atoms with E-state index in [4.69, 9.17) is 23.2 Å². The maximum Gasteiger partial charge on any atom is 0.266 e. The summed E-state index contributed by atoms with van der Waals surface area (Å²) < 4.78 is 0. The third kappa shape index (κ3) is 4.07. The summed E-state index contributed by atoms with van der Waals surface area (Å²) >= 11 is 11.6. The Hall–Kier alpha value is -1.96. The van der Waals surface area contributed by atoms with Gasteiger partial charge in [0.05, 0.1) is 0 Å². The maximum absolute atomic E-state index is 11.9. The highest BCUT2D eigenvalue weighted by Gasteiger charge is 2.11. The molecule has 0 spiro atoms. The fraction of sp³-hybridized carbons (Fsp3) is 0.294. The SMILES string of the molecule is Cc1cc(-c2ccc(N(CCCl)CCCl)cc2)c(C#N)c(=O)[nH]1. The predicted octanol–water partition coefficient (Wildman–Crippen LogP) is 3.51. The molecule has 0 atom stereocenters. The second-order valence-corrected chi connectivity index (χ2v) is 5.85. The largest absolute Gasteiger partial charge is 0.369 e. The standard InChI is InChI=1S/C17H17Cl2N3O/c1-12-10-15(16(11-20)17(23)21-12)13-2-4-14(5-3-13)22(8-6-18)9-7-19/h2-5,10H,6-9H2,1H3,(H,21,23). The lowest BCUT2D eigenvalue weighted by Gasteiger charge is -2.23. The smallest absolute Gasteiger partial charge is 0.266 e. The minimum Gasteiger partial charge on any atom is -0.369 e. The minimum atomic E-state index is -0.363. The van der Waals surface area contributed by atoms with Crippen LogP contribution in [-0.2, 0) is 0 Å². The van der Waals surface area contributed by atoms with E-state index >= 15 is 0 Å². The number of H-pyrrole nitrogens is 1. The van der Waals surface area contributed by atoms with Crippen molar-refractivity contribution < 1.29 is 0 Å². The van der Waals surface area contributed by atoms with Crippen LogP contribution in [0, 0.1) is 18.3 Å². The summed E-state index contributed by atoms with van der Waals surface area (Å²) in [5.41, 5.74) is 2.96. The van der Waals surface area contributed by atoms with Gasteiger partial charge in [-0.1, -0.05) is 12.1 Å². The van der Waals surface area contributed by atoms with Crippen molar-refractivity contribution in [2.45, 2.75) is 6.92 Å². The zero-order valence-corrected chi connectivity index (χ0v) is 14.3. The Morgan fingerprint density at radius 1 is 1.17 bits per heavy atom. The molecule has 0 aliphatic carbocycles. The van der Waals surface area contributed by atoms with Crippen LogP contribution in [0.5, 0.6) is 0 Å². The van der Waals surface area contributed by atoms with Gasteiger partial charge < -0.3 is 9.88 Å². The Balaban J connectivity index is 2.41. The number of nitrogens with zero attached hydrogens (tertiary/aromatic N) is 2. The zero-order valence-electron chi connectivity index (χ0n) is 12.8. The normalized spacial score (nSPS) is 10.3. The zero-order chi connectivity index (χ0) is 16.8. The molecular weight excluding hydrogens is 333 g/mol. The molecule has 0 fully saturated rings. The van der Waals surface area contributed by atoms with Crippen LogP contribution in [0.4, 0.5) is 5.69 Å². The number of alkyl halides is 2. The first-order chi connectivity index (χ1) is 11.1. The van der Waals surface area contributed by atoms with E-state index in [-0.39, 0.29) is 11.1 Å². The molecule has 1 aromatic carbocycles. The lowest BCUT2D eigenvalue weighted by atomic mass is 10.0. The summed E-state index contributed by atoms with van der Waals surface area (Å²) in [6.45, 7) is 3.21. The second-order valence-electron chi connectivity index (χ2n) is 5.09. The highest BCUT2D eigenvalue weighted by atomic mass is 35.5. The Bertz CT molecular complexity index is 757. The van der Waals surface area contributed by atoms with Gasteiger partial charge in [-0.15, -0.1) is 23.2 Å². The lowest BCUT2D eigenvalue weighted by molar-refractivity contribution is 0.874. The van der Waals surface area contributed by atoms with Crippen molar-refractivity contribution in [2.75, 3.05) is 29.7 Å². The van der Waals surface area contributed by atoms with E-state index in [1.807, 2.05) is 36.4 Å². The Morgan fingerprint density at radius 3 is 2.30 bits per heavy atom. The molecule has 1 aromatic heterocycles. The molecule has 23 heavy (non-hydrogen) atoms. The van der Waals surface area contributed by atoms with E-state index in [9.17, 15) is 10.1 Å². The van der Waals surface area contributed by atoms with Gasteiger partial charge in [-0.25, -0.2) is 0 Å². The van der Waals surface area contributed by atoms with E-state index in [1.54, 1.807) is 6.92 Å². The Kier molecular flexibility index (Phi) is 6.09. The molecule has 4 nitrogen and oxygen atoms in total. The first-order valence-corrected chi connectivity index (χ1v) is 8.29. The first kappa shape index (κ1) is 17.4. The molecular formula is C17H17Cl2N3O. The average Bonchev–Trinajstić information content (AvgIpc) is 2.54. The number of nitrogens with one attached hydrogen (secondary N) is 1. The van der Waals surface area contributed by atoms with Gasteiger partial charge in [0.1, 0.15) is 11.6 Å². The average molecular weight is 350 g/mol. The molecule has 0 amide bonds. The van der Waals surface area contributed by atoms with Gasteiger partial charge in [-0.3, -0.25) is 4.79 Å². The molecule has 0 aliphatic rings. The molecule has 0 radical (unpaired) electrons. The second kappa shape index (κ2) is 8.05. The van der Waals surface area contributed by atoms with Crippen molar-refractivity contribution in [1.82, 2.24) is 4.98 Å². The molecule has 1 heterocycles. The summed E-state index contributed by atoms with van der Waals surface area (Å²) in [5.74, 6) is 1.04. The summed E-state index contributed by atoms with van der Waals surface area (Å²) in [4.78, 5) is 16.6. The highest BCUT2D eigenvalue weighted by molar-refractivity contribution is 6.18. The number of aromatic amines is 1. The van der Waals surface area contributed by atoms with E-state index in [2.05, 4.69) is 9.88 Å². The van der Waals surface area contributed by atoms with Gasteiger partial charge in [0, 0.05) is 41.8 Å². The van der Waals surface area contributed by atoms with Crippen LogP contribution in [0.2, 0.25) is 0 Å². The number of hydrogen-bond donors (Lipinski definition) is 1. The van der Waals surface area contributed by atoms with Gasteiger partial charge in [0.15, 0.2) is 0 Å². The van der Waals surface area contributed by atoms with Crippen molar-refractivity contribution in [1.29, 1.82) is 5.26 Å². The number of halogens is 2. The summed E-state index contributed by atoms with van der Waals surface area (Å²) in [5, 5.41) is 9.23. The van der Waals surface area contributed by atoms with Crippen molar-refractivity contribution in [3.05, 3.63) is 51.9 Å². The number of anilines is 1. The van der Waals surface area contributed by atoms with Crippen molar-refractivity contribution in [2.24, 2.45) is 0 Å². The van der Waals surface area contributed by atoms with Gasteiger partial charge in [-0.2, -0.15) is 5.26 Å². The van der Waals surface area contributed by atoms with Gasteiger partial charge >= 0.3 is 0 Å². The summed E-state index contributed by atoms with van der Waals surface area (Å²) in [6, 6.07) is 11.5. The summed E-state index contributed by atoms with van der Waals surface area (Å²) in [6.07, 6.45) is 0. The minimum absolute atomic E-state index is 0.127. The predicted molar refractivity (Wildman–Crippen MR) is 95.6 cm³/mol. The van der Waals surface area contributed by atoms with Gasteiger partial charge in [-0.05, 0) is 30.7 Å². The molecule has 2 aromatic rings. The molecule has 0 aliphatic heterocycles. The molecule has 2 rings (SSSR count). The number of nitriles is 1. The fourth-order valence-electron chi connectivity index (χ4n) is 2.45. The van der Waals surface area contributed by atoms with Crippen molar-refractivity contribution >= 4 is 28.9 Å². The van der Waals surface area contributed by atoms with Crippen LogP contribution in [0.15, 0.2) is 35.1 Å². The lowest BCUT2D eigenvalue weighted by Crippen LogP contribution is -2.27. The van der Waals surface area contributed by atoms with E-state index in [0.717, 1.165) is 16.9 Å². The van der Waals surface area contributed by atoms with E-state index in [0.29, 0.717) is 30.4 Å². The molecule has 0 unspecified atom stereocenters. The van der Waals surface area contributed by atoms with Gasteiger partial charge in [0.2, 0.25) is 0 Å². The number of aryl methyl sites for hydroxylation is 1. The topological polar surface area (TPSA) is 59.9 Å². The molecule has 0 saturated heterocycles. The number of benzene rings is 1. The van der Waals surface area contributed by atoms with Crippen LogP contribution in [0.25, 0.3) is 11.1 Å². The van der Waals surface area contributed by atoms with Gasteiger partial charge in [0.25, 0.3) is 5.56 Å². The highest BCUT2D eigenvalue weighted by Crippen LogP contribution is 2.25. The molecule has 0 bridgehead atoms. The number of pyridine rings is 1. The Morgan fingerprint density at radius 2 is 1.78 bits per heavy atom. The number of aromatic nitrogens is 1. The van der Waals surface area contributed by atoms with Crippen molar-refractivity contribution in [3.8, 4) is 17.2 Å². The quantitative estimate of drug-likeness (QED) is 0.811. The Labute approximate surface area is 145 Å². The fourth-order valence-corrected chi connectivity index (χ4v) is 2.86. The van der Waals surface area contributed by atoms with Crippen LogP contribution in [0.1, 0.15) is 11.3 Å². The van der Waals surface area contributed by atoms with E-state index in [1.165, 1.54) is 0 Å². The number of rotatable bonds is 6. The van der Waals surface area contributed by atoms with E-state index < -0.39 is 0 Å². The summed E-state index contributed by atoms with van der Waals surface area (Å²) in [7, 11) is 0.